The van der Waals surface area contributed by atoms with E-state index in [1.165, 1.54) is 6.20 Å². The van der Waals surface area contributed by atoms with Gasteiger partial charge >= 0.3 is 6.03 Å². The molecule has 2 aromatic rings. The molecule has 0 saturated carbocycles. The molecule has 2 bridgehead atoms. The Bertz CT molecular complexity index is 874. The number of carbonyl (C=O) groups excluding carboxylic acids is 1. The van der Waals surface area contributed by atoms with Crippen LogP contribution in [-0.2, 0) is 6.42 Å². The number of nitrogens with zero attached hydrogens (tertiary/aromatic N) is 2. The van der Waals surface area contributed by atoms with Gasteiger partial charge in [0.05, 0.1) is 16.1 Å². The van der Waals surface area contributed by atoms with E-state index < -0.39 is 5.95 Å². The minimum absolute atomic E-state index is 0.0146. The van der Waals surface area contributed by atoms with Gasteiger partial charge in [-0.05, 0) is 55.5 Å². The molecule has 2 amide bonds. The SMILES string of the molecule is Cc1cc(Cl)c(Cl)cc1NC(=O)N1[C@@H]2CC[C@H]1c1ccnc(F)c1C2. The van der Waals surface area contributed by atoms with Gasteiger partial charge in [-0.25, -0.2) is 9.78 Å². The Balaban J connectivity index is 1.63. The maximum absolute atomic E-state index is 14.0. The van der Waals surface area contributed by atoms with Crippen molar-refractivity contribution in [2.24, 2.45) is 0 Å². The van der Waals surface area contributed by atoms with Gasteiger partial charge in [-0.1, -0.05) is 23.2 Å². The van der Waals surface area contributed by atoms with Gasteiger partial charge in [-0.3, -0.25) is 0 Å². The van der Waals surface area contributed by atoms with Gasteiger partial charge in [0.25, 0.3) is 0 Å². The minimum Gasteiger partial charge on any atom is -0.314 e. The van der Waals surface area contributed by atoms with Crippen molar-refractivity contribution in [1.29, 1.82) is 0 Å². The van der Waals surface area contributed by atoms with Crippen molar-refractivity contribution in [3.8, 4) is 0 Å². The van der Waals surface area contributed by atoms with Crippen LogP contribution in [0.25, 0.3) is 0 Å². The fraction of sp³-hybridized carbons (Fsp3) is 0.333. The van der Waals surface area contributed by atoms with Crippen LogP contribution in [0.2, 0.25) is 10.0 Å². The third-order valence-corrected chi connectivity index (χ3v) is 5.81. The van der Waals surface area contributed by atoms with E-state index in [2.05, 4.69) is 10.3 Å². The summed E-state index contributed by atoms with van der Waals surface area (Å²) in [5.74, 6) is -0.421. The Morgan fingerprint density at radius 1 is 1.32 bits per heavy atom. The Labute approximate surface area is 154 Å². The standard InChI is InChI=1S/C18H16Cl2FN3O/c1-9-6-13(19)14(20)8-15(9)23-18(25)24-10-2-3-16(24)11-4-5-22-17(21)12(11)7-10/h4-6,8,10,16H,2-3,7H2,1H3,(H,23,25)/t10-,16+/m1/s1. The second kappa shape index (κ2) is 6.15. The molecule has 3 heterocycles. The number of aryl methyl sites for hydroxylation is 1. The number of anilines is 1. The summed E-state index contributed by atoms with van der Waals surface area (Å²) in [6.07, 6.45) is 3.65. The van der Waals surface area contributed by atoms with Crippen LogP contribution in [0.5, 0.6) is 0 Å². The second-order valence-electron chi connectivity index (χ2n) is 6.54. The molecule has 0 radical (unpaired) electrons. The Morgan fingerprint density at radius 2 is 2.08 bits per heavy atom. The van der Waals surface area contributed by atoms with E-state index in [-0.39, 0.29) is 18.1 Å². The zero-order chi connectivity index (χ0) is 17.7. The van der Waals surface area contributed by atoms with Crippen molar-refractivity contribution in [3.05, 3.63) is 57.1 Å². The summed E-state index contributed by atoms with van der Waals surface area (Å²) in [4.78, 5) is 18.5. The van der Waals surface area contributed by atoms with Crippen molar-refractivity contribution in [3.63, 3.8) is 0 Å². The van der Waals surface area contributed by atoms with Crippen molar-refractivity contribution >= 4 is 34.9 Å². The van der Waals surface area contributed by atoms with Crippen LogP contribution in [0.15, 0.2) is 24.4 Å². The number of amides is 2. The maximum atomic E-state index is 14.0. The first-order valence-electron chi connectivity index (χ1n) is 8.14. The van der Waals surface area contributed by atoms with E-state index in [9.17, 15) is 9.18 Å². The highest BCUT2D eigenvalue weighted by Crippen LogP contribution is 2.44. The largest absolute Gasteiger partial charge is 0.322 e. The molecule has 0 unspecified atom stereocenters. The highest BCUT2D eigenvalue weighted by atomic mass is 35.5. The molecule has 4 rings (SSSR count). The molecule has 25 heavy (non-hydrogen) atoms. The van der Waals surface area contributed by atoms with E-state index in [0.717, 1.165) is 24.0 Å². The van der Waals surface area contributed by atoms with Crippen molar-refractivity contribution in [2.75, 3.05) is 5.32 Å². The molecule has 2 atom stereocenters. The Kier molecular flexibility index (Phi) is 4.08. The van der Waals surface area contributed by atoms with E-state index >= 15 is 0 Å². The number of hydrogen-bond acceptors (Lipinski definition) is 2. The summed E-state index contributed by atoms with van der Waals surface area (Å²) in [5.41, 5.74) is 2.97. The zero-order valence-electron chi connectivity index (χ0n) is 13.5. The number of nitrogens with one attached hydrogen (secondary N) is 1. The number of pyridine rings is 1. The highest BCUT2D eigenvalue weighted by molar-refractivity contribution is 6.42. The van der Waals surface area contributed by atoms with Crippen LogP contribution < -0.4 is 5.32 Å². The third kappa shape index (κ3) is 2.75. The molecule has 2 aliphatic rings. The topological polar surface area (TPSA) is 45.2 Å². The summed E-state index contributed by atoms with van der Waals surface area (Å²) in [6, 6.07) is 4.86. The average molecular weight is 380 g/mol. The Hall–Kier alpha value is -1.85. The molecule has 4 nitrogen and oxygen atoms in total. The minimum atomic E-state index is -0.421. The van der Waals surface area contributed by atoms with Gasteiger partial charge in [0.1, 0.15) is 0 Å². The van der Waals surface area contributed by atoms with Crippen molar-refractivity contribution < 1.29 is 9.18 Å². The lowest BCUT2D eigenvalue weighted by Crippen LogP contribution is -2.44. The molecule has 1 fully saturated rings. The molecule has 1 aromatic heterocycles. The molecule has 0 aliphatic carbocycles. The van der Waals surface area contributed by atoms with Crippen LogP contribution in [0.3, 0.4) is 0 Å². The predicted octanol–water partition coefficient (Wildman–Crippen LogP) is 5.13. The van der Waals surface area contributed by atoms with Crippen LogP contribution in [0.4, 0.5) is 14.9 Å². The first kappa shape index (κ1) is 16.6. The molecule has 1 aromatic carbocycles. The fourth-order valence-corrected chi connectivity index (χ4v) is 4.27. The van der Waals surface area contributed by atoms with Crippen LogP contribution in [0.1, 0.15) is 35.6 Å². The zero-order valence-corrected chi connectivity index (χ0v) is 15.0. The smallest absolute Gasteiger partial charge is 0.314 e. The highest BCUT2D eigenvalue weighted by Gasteiger charge is 2.43. The number of urea groups is 1. The van der Waals surface area contributed by atoms with Gasteiger partial charge in [0.15, 0.2) is 0 Å². The maximum Gasteiger partial charge on any atom is 0.322 e. The third-order valence-electron chi connectivity index (χ3n) is 5.08. The summed E-state index contributed by atoms with van der Waals surface area (Å²) < 4.78 is 14.0. The molecule has 1 saturated heterocycles. The van der Waals surface area contributed by atoms with E-state index in [1.807, 2.05) is 17.9 Å². The normalized spacial score (nSPS) is 21.2. The molecular formula is C18H16Cl2FN3O. The molecule has 0 spiro atoms. The van der Waals surface area contributed by atoms with E-state index in [1.54, 1.807) is 12.1 Å². The predicted molar refractivity (Wildman–Crippen MR) is 95.7 cm³/mol. The van der Waals surface area contributed by atoms with E-state index in [4.69, 9.17) is 23.2 Å². The van der Waals surface area contributed by atoms with Gasteiger partial charge in [-0.15, -0.1) is 0 Å². The number of fused-ring (bicyclic) bond motifs is 4. The van der Waals surface area contributed by atoms with Gasteiger partial charge in [0.2, 0.25) is 5.95 Å². The number of halogens is 3. The van der Waals surface area contributed by atoms with Crippen LogP contribution >= 0.6 is 23.2 Å². The average Bonchev–Trinajstić information content (AvgIpc) is 2.89. The second-order valence-corrected chi connectivity index (χ2v) is 7.35. The van der Waals surface area contributed by atoms with Crippen molar-refractivity contribution in [2.45, 2.75) is 38.3 Å². The van der Waals surface area contributed by atoms with Crippen molar-refractivity contribution in [1.82, 2.24) is 9.88 Å². The lowest BCUT2D eigenvalue weighted by molar-refractivity contribution is 0.178. The molecular weight excluding hydrogens is 364 g/mol. The number of rotatable bonds is 1. The van der Waals surface area contributed by atoms with Gasteiger partial charge < -0.3 is 10.2 Å². The summed E-state index contributed by atoms with van der Waals surface area (Å²) in [5, 5.41) is 3.77. The molecule has 2 aliphatic heterocycles. The van der Waals surface area contributed by atoms with Crippen LogP contribution in [0, 0.1) is 12.9 Å². The van der Waals surface area contributed by atoms with Crippen LogP contribution in [-0.4, -0.2) is 22.0 Å². The summed E-state index contributed by atoms with van der Waals surface area (Å²) in [7, 11) is 0. The lowest BCUT2D eigenvalue weighted by Gasteiger charge is -2.36. The number of aromatic nitrogens is 1. The molecule has 7 heteroatoms. The first-order chi connectivity index (χ1) is 12.0. The number of carbonyl (C=O) groups is 1. The molecule has 1 N–H and O–H groups in total. The lowest BCUT2D eigenvalue weighted by atomic mass is 9.95. The summed E-state index contributed by atoms with van der Waals surface area (Å²) in [6.45, 7) is 1.86. The quantitative estimate of drug-likeness (QED) is 0.698. The number of benzene rings is 1. The monoisotopic (exact) mass is 379 g/mol. The number of hydrogen-bond donors (Lipinski definition) is 1. The first-order valence-corrected chi connectivity index (χ1v) is 8.89. The molecule has 130 valence electrons. The summed E-state index contributed by atoms with van der Waals surface area (Å²) >= 11 is 12.1. The van der Waals surface area contributed by atoms with Gasteiger partial charge in [-0.2, -0.15) is 4.39 Å². The van der Waals surface area contributed by atoms with E-state index in [0.29, 0.717) is 27.7 Å². The Morgan fingerprint density at radius 3 is 2.88 bits per heavy atom. The fourth-order valence-electron chi connectivity index (χ4n) is 3.89. The van der Waals surface area contributed by atoms with Gasteiger partial charge in [0, 0.05) is 23.5 Å².